The third kappa shape index (κ3) is 7.70. The minimum atomic E-state index is -5.12. The van der Waals surface area contributed by atoms with Crippen LogP contribution in [0.15, 0.2) is 109 Å². The van der Waals surface area contributed by atoms with Gasteiger partial charge in [0.15, 0.2) is 5.92 Å². The van der Waals surface area contributed by atoms with Gasteiger partial charge >= 0.3 is 6.18 Å². The lowest BCUT2D eigenvalue weighted by molar-refractivity contribution is -0.174. The fourth-order valence-electron chi connectivity index (χ4n) is 4.54. The minimum Gasteiger partial charge on any atom is -0.387 e. The van der Waals surface area contributed by atoms with Crippen molar-refractivity contribution in [3.8, 4) is 11.1 Å². The first-order valence-corrected chi connectivity index (χ1v) is 13.0. The average Bonchev–Trinajstić information content (AvgIpc) is 2.98. The number of rotatable bonds is 7. The van der Waals surface area contributed by atoms with E-state index in [0.717, 1.165) is 30.5 Å². The summed E-state index contributed by atoms with van der Waals surface area (Å²) < 4.78 is 85.8. The maximum Gasteiger partial charge on any atom is 0.404 e. The molecule has 0 spiro atoms. The maximum atomic E-state index is 14.5. The predicted octanol–water partition coefficient (Wildman–Crippen LogP) is 7.71. The Morgan fingerprint density at radius 3 is 2.43 bits per heavy atom. The molecule has 1 unspecified atom stereocenters. The first kappa shape index (κ1) is 30.6. The van der Waals surface area contributed by atoms with Gasteiger partial charge in [0.25, 0.3) is 0 Å². The number of carbonyl (C=O) groups is 1. The summed E-state index contributed by atoms with van der Waals surface area (Å²) in [5.41, 5.74) is 0.279. The molecule has 4 nitrogen and oxygen atoms in total. The number of carbonyl (C=O) groups excluding carboxylic acids is 1. The number of aromatic nitrogens is 1. The van der Waals surface area contributed by atoms with Crippen molar-refractivity contribution in [2.45, 2.75) is 18.6 Å². The van der Waals surface area contributed by atoms with E-state index in [2.05, 4.69) is 22.2 Å². The zero-order chi connectivity index (χ0) is 30.4. The quantitative estimate of drug-likeness (QED) is 0.272. The predicted molar refractivity (Wildman–Crippen MR) is 149 cm³/mol. The molecule has 0 aliphatic carbocycles. The summed E-state index contributed by atoms with van der Waals surface area (Å²) in [5, 5.41) is 5.45. The highest BCUT2D eigenvalue weighted by Crippen LogP contribution is 2.37. The topological polar surface area (TPSA) is 54.0 Å². The van der Waals surface area contributed by atoms with Crippen LogP contribution < -0.4 is 10.6 Å². The fourth-order valence-corrected chi connectivity index (χ4v) is 4.66. The van der Waals surface area contributed by atoms with Crippen LogP contribution in [0.3, 0.4) is 0 Å². The van der Waals surface area contributed by atoms with Crippen molar-refractivity contribution in [1.82, 2.24) is 15.6 Å². The summed E-state index contributed by atoms with van der Waals surface area (Å²) in [4.78, 5) is 17.9. The summed E-state index contributed by atoms with van der Waals surface area (Å²) in [7, 11) is 0. The van der Waals surface area contributed by atoms with Gasteiger partial charge < -0.3 is 10.6 Å². The number of amides is 1. The Kier molecular flexibility index (Phi) is 9.57. The van der Waals surface area contributed by atoms with Gasteiger partial charge in [-0.2, -0.15) is 13.2 Å². The molecule has 0 radical (unpaired) electrons. The Labute approximate surface area is 243 Å². The Balaban J connectivity index is 1.79. The third-order valence-electron chi connectivity index (χ3n) is 6.36. The largest absolute Gasteiger partial charge is 0.404 e. The number of benzene rings is 2. The molecular formula is C31H24ClF6N3O. The number of nitrogens with zero attached hydrogens (tertiary/aromatic N) is 1. The molecule has 1 aliphatic rings. The van der Waals surface area contributed by atoms with Crippen LogP contribution >= 0.6 is 11.6 Å². The first-order valence-electron chi connectivity index (χ1n) is 12.6. The lowest BCUT2D eigenvalue weighted by atomic mass is 9.90. The molecule has 1 aliphatic heterocycles. The van der Waals surface area contributed by atoms with E-state index in [-0.39, 0.29) is 29.8 Å². The van der Waals surface area contributed by atoms with Crippen molar-refractivity contribution in [2.24, 2.45) is 5.92 Å². The number of alkyl halides is 3. The summed E-state index contributed by atoms with van der Waals surface area (Å²) >= 11 is 6.01. The molecule has 11 heteroatoms. The number of pyridine rings is 1. The Bertz CT molecular complexity index is 1540. The van der Waals surface area contributed by atoms with Gasteiger partial charge in [-0.3, -0.25) is 9.78 Å². The van der Waals surface area contributed by atoms with Crippen LogP contribution in [0.25, 0.3) is 11.1 Å². The smallest absolute Gasteiger partial charge is 0.387 e. The number of hydrogen-bond donors (Lipinski definition) is 2. The Morgan fingerprint density at radius 1 is 1.07 bits per heavy atom. The van der Waals surface area contributed by atoms with Crippen molar-refractivity contribution < 1.29 is 31.1 Å². The van der Waals surface area contributed by atoms with E-state index in [4.69, 9.17) is 11.6 Å². The average molecular weight is 604 g/mol. The van der Waals surface area contributed by atoms with Crippen molar-refractivity contribution in [1.29, 1.82) is 0 Å². The zero-order valence-electron chi connectivity index (χ0n) is 21.9. The molecule has 218 valence electrons. The van der Waals surface area contributed by atoms with Crippen LogP contribution in [0.5, 0.6) is 0 Å². The number of nitrogens with one attached hydrogen (secondary N) is 2. The van der Waals surface area contributed by atoms with Crippen LogP contribution in [0, 0.1) is 17.6 Å². The van der Waals surface area contributed by atoms with Gasteiger partial charge in [-0.05, 0) is 71.2 Å². The summed E-state index contributed by atoms with van der Waals surface area (Å²) in [6, 6.07) is 11.2. The van der Waals surface area contributed by atoms with E-state index in [1.54, 1.807) is 36.4 Å². The highest BCUT2D eigenvalue weighted by Gasteiger charge is 2.48. The first-order chi connectivity index (χ1) is 19.9. The second kappa shape index (κ2) is 13.1. The number of hydrogen-bond acceptors (Lipinski definition) is 3. The Hall–Kier alpha value is -4.31. The van der Waals surface area contributed by atoms with Gasteiger partial charge in [-0.15, -0.1) is 0 Å². The zero-order valence-corrected chi connectivity index (χ0v) is 22.6. The maximum absolute atomic E-state index is 14.5. The molecule has 0 saturated heterocycles. The van der Waals surface area contributed by atoms with Gasteiger partial charge in [0.2, 0.25) is 5.91 Å². The minimum absolute atomic E-state index is 0.00359. The van der Waals surface area contributed by atoms with Crippen LogP contribution in [-0.2, 0) is 11.2 Å². The van der Waals surface area contributed by atoms with Gasteiger partial charge in [0.05, 0.1) is 11.7 Å². The molecule has 1 amide bonds. The second-order valence-corrected chi connectivity index (χ2v) is 9.86. The standard InChI is InChI=1S/C31H24ClF6N3O/c1-18-12-22(33)4-2-10-39-17-26(18)28(31(36,37)38)30(42)41-27(15-19-13-23(34)16-24(35)14-19)29-25(5-3-11-40-29)20-6-8-21(32)9-7-20/h2-9,11-14,16-17,27-28,39H,1,10,15H2,(H,41,42)/b4-2-,22-12+,26-17+/t27-,28?/m0/s1. The van der Waals surface area contributed by atoms with E-state index >= 15 is 0 Å². The van der Waals surface area contributed by atoms with E-state index in [0.29, 0.717) is 22.2 Å². The van der Waals surface area contributed by atoms with Crippen LogP contribution in [-0.4, -0.2) is 23.6 Å². The van der Waals surface area contributed by atoms with E-state index in [9.17, 15) is 31.1 Å². The van der Waals surface area contributed by atoms with E-state index in [1.165, 1.54) is 12.3 Å². The fraction of sp³-hybridized carbons (Fsp3) is 0.161. The lowest BCUT2D eigenvalue weighted by Gasteiger charge is -2.27. The molecule has 4 rings (SSSR count). The molecule has 0 saturated carbocycles. The molecule has 42 heavy (non-hydrogen) atoms. The summed E-state index contributed by atoms with van der Waals surface area (Å²) in [6.07, 6.45) is 0.140. The molecule has 2 N–H and O–H groups in total. The van der Waals surface area contributed by atoms with Gasteiger partial charge in [0, 0.05) is 35.6 Å². The van der Waals surface area contributed by atoms with Crippen LogP contribution in [0.1, 0.15) is 17.3 Å². The molecule has 2 atom stereocenters. The molecule has 2 aromatic carbocycles. The van der Waals surface area contributed by atoms with Gasteiger partial charge in [-0.25, -0.2) is 13.2 Å². The highest BCUT2D eigenvalue weighted by atomic mass is 35.5. The van der Waals surface area contributed by atoms with E-state index in [1.807, 2.05) is 0 Å². The second-order valence-electron chi connectivity index (χ2n) is 9.43. The molecule has 0 fully saturated rings. The number of allylic oxidation sites excluding steroid dienone is 4. The van der Waals surface area contributed by atoms with Crippen molar-refractivity contribution >= 4 is 17.5 Å². The molecule has 3 aromatic rings. The third-order valence-corrected chi connectivity index (χ3v) is 6.61. The van der Waals surface area contributed by atoms with Gasteiger partial charge in [-0.1, -0.05) is 42.5 Å². The van der Waals surface area contributed by atoms with Crippen LogP contribution in [0.4, 0.5) is 26.3 Å². The van der Waals surface area contributed by atoms with Crippen molar-refractivity contribution in [2.75, 3.05) is 6.54 Å². The lowest BCUT2D eigenvalue weighted by Crippen LogP contribution is -2.43. The molecule has 0 bridgehead atoms. The van der Waals surface area contributed by atoms with Gasteiger partial charge in [0.1, 0.15) is 17.5 Å². The van der Waals surface area contributed by atoms with E-state index < -0.39 is 47.1 Å². The highest BCUT2D eigenvalue weighted by molar-refractivity contribution is 6.30. The summed E-state index contributed by atoms with van der Waals surface area (Å²) in [6.45, 7) is 3.54. The van der Waals surface area contributed by atoms with Crippen LogP contribution in [0.2, 0.25) is 5.02 Å². The molecular weight excluding hydrogens is 580 g/mol. The molecule has 2 heterocycles. The van der Waals surface area contributed by atoms with Crippen molar-refractivity contribution in [3.63, 3.8) is 0 Å². The SMILES string of the molecule is C=C1/C=C(F)\C=C/CN/C=C\1C(C(=O)N[C@@H](Cc1cc(F)cc(F)c1)c1ncccc1-c1ccc(Cl)cc1)C(F)(F)F. The normalized spacial score (nSPS) is 18.6. The summed E-state index contributed by atoms with van der Waals surface area (Å²) in [5.74, 6) is -6.91. The monoisotopic (exact) mass is 603 g/mol. The number of halogens is 7. The van der Waals surface area contributed by atoms with Crippen molar-refractivity contribution in [3.05, 3.63) is 137 Å². The Morgan fingerprint density at radius 2 is 1.76 bits per heavy atom. The molecule has 1 aromatic heterocycles.